The average Bonchev–Trinajstić information content (AvgIpc) is 2.69. The fourth-order valence-electron chi connectivity index (χ4n) is 7.70. The van der Waals surface area contributed by atoms with Crippen molar-refractivity contribution in [2.24, 2.45) is 5.73 Å². The summed E-state index contributed by atoms with van der Waals surface area (Å²) >= 11 is 0. The molecule has 0 amide bonds. The monoisotopic (exact) mass is 479 g/mol. The lowest BCUT2D eigenvalue weighted by atomic mass is 9.50. The quantitative estimate of drug-likeness (QED) is 0.299. The van der Waals surface area contributed by atoms with Crippen LogP contribution in [-0.2, 0) is 23.7 Å². The first-order chi connectivity index (χ1) is 16.6. The van der Waals surface area contributed by atoms with Crippen molar-refractivity contribution in [2.45, 2.75) is 144 Å². The maximum Gasteiger partial charge on any atom is 0.151 e. The first-order valence-corrected chi connectivity index (χ1v) is 14.6. The molecule has 5 aliphatic rings. The van der Waals surface area contributed by atoms with E-state index >= 15 is 0 Å². The predicted molar refractivity (Wildman–Crippen MR) is 132 cm³/mol. The molecule has 5 fully saturated rings. The summed E-state index contributed by atoms with van der Waals surface area (Å²) in [6.07, 6.45) is 20.6. The Labute approximate surface area is 206 Å². The molecular formula is C28H49NO5. The second-order valence-corrected chi connectivity index (χ2v) is 11.6. The van der Waals surface area contributed by atoms with Crippen LogP contribution in [-0.4, -0.2) is 61.2 Å². The molecule has 0 aromatic rings. The SMILES string of the molecule is CCCCCCCCCCCCCC1(C2(C3(C4(C5(N)CCO5)CCO4)CCO3)CCO2)CCO1. The molecule has 196 valence electrons. The van der Waals surface area contributed by atoms with Gasteiger partial charge < -0.3 is 29.4 Å². The highest BCUT2D eigenvalue weighted by molar-refractivity contribution is 5.32. The summed E-state index contributed by atoms with van der Waals surface area (Å²) in [5, 5.41) is 0. The number of unbranched alkanes of at least 4 members (excludes halogenated alkanes) is 10. The molecule has 0 saturated carbocycles. The van der Waals surface area contributed by atoms with E-state index in [-0.39, 0.29) is 5.60 Å². The Balaban J connectivity index is 1.16. The topological polar surface area (TPSA) is 72.2 Å². The highest BCUT2D eigenvalue weighted by Gasteiger charge is 2.83. The molecule has 0 aromatic carbocycles. The van der Waals surface area contributed by atoms with Crippen LogP contribution < -0.4 is 5.73 Å². The Hall–Kier alpha value is -0.240. The first-order valence-electron chi connectivity index (χ1n) is 14.6. The Bertz CT molecular complexity index is 662. The maximum atomic E-state index is 6.81. The third-order valence-electron chi connectivity index (χ3n) is 10.0. The van der Waals surface area contributed by atoms with Crippen LogP contribution in [0.4, 0.5) is 0 Å². The lowest BCUT2D eigenvalue weighted by Crippen LogP contribution is -2.93. The molecule has 34 heavy (non-hydrogen) atoms. The van der Waals surface area contributed by atoms with Crippen molar-refractivity contribution >= 4 is 0 Å². The summed E-state index contributed by atoms with van der Waals surface area (Å²) in [5.41, 5.74) is 4.15. The number of ether oxygens (including phenoxy) is 5. The van der Waals surface area contributed by atoms with Crippen molar-refractivity contribution in [3.8, 4) is 0 Å². The number of hydrogen-bond donors (Lipinski definition) is 1. The predicted octanol–water partition coefficient (Wildman–Crippen LogP) is 5.40. The van der Waals surface area contributed by atoms with E-state index in [1.54, 1.807) is 0 Å². The Kier molecular flexibility index (Phi) is 7.67. The zero-order valence-corrected chi connectivity index (χ0v) is 21.7. The summed E-state index contributed by atoms with van der Waals surface area (Å²) in [7, 11) is 0. The molecule has 6 heteroatoms. The molecule has 5 saturated heterocycles. The Morgan fingerprint density at radius 3 is 1.24 bits per heavy atom. The van der Waals surface area contributed by atoms with E-state index in [2.05, 4.69) is 6.92 Å². The van der Waals surface area contributed by atoms with Crippen molar-refractivity contribution < 1.29 is 23.7 Å². The van der Waals surface area contributed by atoms with Crippen molar-refractivity contribution in [1.82, 2.24) is 0 Å². The fraction of sp³-hybridized carbons (Fsp3) is 1.00. The number of nitrogens with two attached hydrogens (primary N) is 1. The minimum Gasteiger partial charge on any atom is -0.372 e. The molecule has 6 nitrogen and oxygen atoms in total. The average molecular weight is 480 g/mol. The fourth-order valence-corrected chi connectivity index (χ4v) is 7.70. The second kappa shape index (κ2) is 10.3. The van der Waals surface area contributed by atoms with Gasteiger partial charge >= 0.3 is 0 Å². The van der Waals surface area contributed by atoms with E-state index in [1.807, 2.05) is 0 Å². The highest BCUT2D eigenvalue weighted by Crippen LogP contribution is 2.67. The van der Waals surface area contributed by atoms with Crippen molar-refractivity contribution in [1.29, 1.82) is 0 Å². The lowest BCUT2D eigenvalue weighted by Gasteiger charge is -2.76. The van der Waals surface area contributed by atoms with Gasteiger partial charge in [-0.15, -0.1) is 0 Å². The standard InChI is InChI=1S/C28H49NO5/c1-2-3-4-5-6-7-8-9-10-11-12-13-24(14-19-30-24)25(15-20-31-25)26(16-21-32-26)27(17-22-33-27)28(29)18-23-34-28/h2-23,29H2,1H3. The molecule has 5 heterocycles. The normalized spacial score (nSPS) is 43.2. The van der Waals surface area contributed by atoms with Gasteiger partial charge in [0.25, 0.3) is 0 Å². The second-order valence-electron chi connectivity index (χ2n) is 11.6. The minimum absolute atomic E-state index is 0.267. The van der Waals surface area contributed by atoms with Gasteiger partial charge in [-0.25, -0.2) is 0 Å². The van der Waals surface area contributed by atoms with Gasteiger partial charge in [-0.3, -0.25) is 0 Å². The molecule has 0 bridgehead atoms. The molecule has 5 unspecified atom stereocenters. The van der Waals surface area contributed by atoms with E-state index in [0.717, 1.165) is 65.0 Å². The lowest BCUT2D eigenvalue weighted by molar-refractivity contribution is -0.474. The van der Waals surface area contributed by atoms with Crippen LogP contribution >= 0.6 is 0 Å². The van der Waals surface area contributed by atoms with Crippen LogP contribution in [0.2, 0.25) is 0 Å². The molecule has 0 radical (unpaired) electrons. The largest absolute Gasteiger partial charge is 0.372 e. The van der Waals surface area contributed by atoms with E-state index in [4.69, 9.17) is 29.4 Å². The molecular weight excluding hydrogens is 430 g/mol. The zero-order valence-electron chi connectivity index (χ0n) is 21.7. The van der Waals surface area contributed by atoms with E-state index in [9.17, 15) is 0 Å². The van der Waals surface area contributed by atoms with Crippen LogP contribution in [0.5, 0.6) is 0 Å². The first kappa shape index (κ1) is 25.4. The van der Waals surface area contributed by atoms with Gasteiger partial charge in [-0.1, -0.05) is 77.6 Å². The van der Waals surface area contributed by atoms with Crippen molar-refractivity contribution in [2.75, 3.05) is 33.0 Å². The van der Waals surface area contributed by atoms with Crippen LogP contribution in [0.25, 0.3) is 0 Å². The molecule has 2 N–H and O–H groups in total. The van der Waals surface area contributed by atoms with Crippen LogP contribution in [0.3, 0.4) is 0 Å². The van der Waals surface area contributed by atoms with E-state index in [0.29, 0.717) is 6.61 Å². The van der Waals surface area contributed by atoms with Gasteiger partial charge in [-0.05, 0) is 6.42 Å². The van der Waals surface area contributed by atoms with Gasteiger partial charge in [0.15, 0.2) is 5.72 Å². The highest BCUT2D eigenvalue weighted by atomic mass is 16.7. The summed E-state index contributed by atoms with van der Waals surface area (Å²) in [6, 6.07) is 0. The zero-order chi connectivity index (χ0) is 23.6. The van der Waals surface area contributed by atoms with Gasteiger partial charge in [0.2, 0.25) is 0 Å². The Morgan fingerprint density at radius 2 is 0.912 bits per heavy atom. The molecule has 5 atom stereocenters. The molecule has 0 spiro atoms. The third kappa shape index (κ3) is 3.73. The number of hydrogen-bond acceptors (Lipinski definition) is 6. The summed E-state index contributed by atoms with van der Waals surface area (Å²) < 4.78 is 32.0. The molecule has 0 aromatic heterocycles. The molecule has 0 aliphatic carbocycles. The summed E-state index contributed by atoms with van der Waals surface area (Å²) in [5.74, 6) is 0. The van der Waals surface area contributed by atoms with E-state index < -0.39 is 22.5 Å². The van der Waals surface area contributed by atoms with E-state index in [1.165, 1.54) is 70.6 Å². The van der Waals surface area contributed by atoms with Crippen LogP contribution in [0.15, 0.2) is 0 Å². The maximum absolute atomic E-state index is 6.81. The minimum atomic E-state index is -0.765. The van der Waals surface area contributed by atoms with Crippen LogP contribution in [0, 0.1) is 0 Å². The third-order valence-corrected chi connectivity index (χ3v) is 10.0. The molecule has 5 rings (SSSR count). The number of rotatable bonds is 16. The van der Waals surface area contributed by atoms with Gasteiger partial charge in [0.05, 0.1) is 33.0 Å². The smallest absolute Gasteiger partial charge is 0.151 e. The Morgan fingerprint density at radius 1 is 0.500 bits per heavy atom. The van der Waals surface area contributed by atoms with Crippen molar-refractivity contribution in [3.63, 3.8) is 0 Å². The molecule has 5 aliphatic heterocycles. The summed E-state index contributed by atoms with van der Waals surface area (Å²) in [6.45, 7) is 6.02. The van der Waals surface area contributed by atoms with Gasteiger partial charge in [0.1, 0.15) is 22.4 Å². The van der Waals surface area contributed by atoms with Crippen molar-refractivity contribution in [3.05, 3.63) is 0 Å². The van der Waals surface area contributed by atoms with Crippen LogP contribution in [0.1, 0.15) is 116 Å². The summed E-state index contributed by atoms with van der Waals surface area (Å²) in [4.78, 5) is 0. The van der Waals surface area contributed by atoms with Gasteiger partial charge in [0, 0.05) is 32.1 Å². The van der Waals surface area contributed by atoms with Gasteiger partial charge in [-0.2, -0.15) is 0 Å².